The summed E-state index contributed by atoms with van der Waals surface area (Å²) in [7, 11) is 1.77. The molecule has 2 aliphatic rings. The van der Waals surface area contributed by atoms with Gasteiger partial charge in [0.2, 0.25) is 0 Å². The van der Waals surface area contributed by atoms with Crippen LogP contribution in [0.5, 0.6) is 5.75 Å². The zero-order valence-corrected chi connectivity index (χ0v) is 9.83. The summed E-state index contributed by atoms with van der Waals surface area (Å²) in [6.07, 6.45) is 5.11. The van der Waals surface area contributed by atoms with Gasteiger partial charge >= 0.3 is 0 Å². The maximum Gasteiger partial charge on any atom is 0.122 e. The first-order valence-electron chi connectivity index (χ1n) is 6.26. The van der Waals surface area contributed by atoms with Crippen molar-refractivity contribution in [3.63, 3.8) is 0 Å². The van der Waals surface area contributed by atoms with Gasteiger partial charge in [-0.2, -0.15) is 0 Å². The van der Waals surface area contributed by atoms with Gasteiger partial charge in [0, 0.05) is 6.04 Å². The third-order valence-electron chi connectivity index (χ3n) is 4.07. The van der Waals surface area contributed by atoms with Crippen molar-refractivity contribution in [3.8, 4) is 5.75 Å². The monoisotopic (exact) mass is 217 g/mol. The van der Waals surface area contributed by atoms with E-state index in [1.165, 1.54) is 43.4 Å². The number of nitrogens with one attached hydrogen (secondary N) is 1. The fourth-order valence-electron chi connectivity index (χ4n) is 3.24. The highest BCUT2D eigenvalue weighted by Gasteiger charge is 2.31. The van der Waals surface area contributed by atoms with Gasteiger partial charge in [-0.05, 0) is 55.3 Å². The fourth-order valence-corrected chi connectivity index (χ4v) is 3.24. The number of hydrogen-bond donors (Lipinski definition) is 1. The summed E-state index contributed by atoms with van der Waals surface area (Å²) < 4.78 is 5.45. The van der Waals surface area contributed by atoms with E-state index in [-0.39, 0.29) is 0 Å². The summed E-state index contributed by atoms with van der Waals surface area (Å²) in [6, 6.07) is 7.19. The molecule has 3 rings (SSSR count). The van der Waals surface area contributed by atoms with Crippen LogP contribution in [-0.2, 0) is 12.8 Å². The van der Waals surface area contributed by atoms with Crippen LogP contribution in [0.4, 0.5) is 0 Å². The van der Waals surface area contributed by atoms with E-state index in [0.29, 0.717) is 0 Å². The van der Waals surface area contributed by atoms with Crippen molar-refractivity contribution in [1.29, 1.82) is 0 Å². The summed E-state index contributed by atoms with van der Waals surface area (Å²) >= 11 is 0. The lowest BCUT2D eigenvalue weighted by Crippen LogP contribution is -2.30. The van der Waals surface area contributed by atoms with E-state index in [4.69, 9.17) is 4.74 Å². The van der Waals surface area contributed by atoms with Crippen molar-refractivity contribution in [3.05, 3.63) is 29.3 Å². The van der Waals surface area contributed by atoms with Crippen LogP contribution < -0.4 is 10.1 Å². The average Bonchev–Trinajstić information content (AvgIpc) is 2.96. The van der Waals surface area contributed by atoms with Gasteiger partial charge in [0.1, 0.15) is 5.75 Å². The molecule has 1 heterocycles. The van der Waals surface area contributed by atoms with Gasteiger partial charge in [0.05, 0.1) is 7.11 Å². The molecule has 2 unspecified atom stereocenters. The van der Waals surface area contributed by atoms with E-state index in [9.17, 15) is 0 Å². The Balaban J connectivity index is 1.82. The Labute approximate surface area is 97.0 Å². The highest BCUT2D eigenvalue weighted by Crippen LogP contribution is 2.36. The molecule has 0 spiro atoms. The molecule has 1 aromatic rings. The predicted molar refractivity (Wildman–Crippen MR) is 64.9 cm³/mol. The number of rotatable bonds is 2. The van der Waals surface area contributed by atoms with Gasteiger partial charge in [0.25, 0.3) is 0 Å². The summed E-state index contributed by atoms with van der Waals surface area (Å²) in [5, 5.41) is 3.63. The van der Waals surface area contributed by atoms with Crippen LogP contribution in [0, 0.1) is 5.92 Å². The molecule has 2 atom stereocenters. The third-order valence-corrected chi connectivity index (χ3v) is 4.07. The molecule has 0 amide bonds. The molecule has 2 nitrogen and oxygen atoms in total. The van der Waals surface area contributed by atoms with Gasteiger partial charge < -0.3 is 10.1 Å². The lowest BCUT2D eigenvalue weighted by molar-refractivity contribution is 0.391. The zero-order valence-electron chi connectivity index (χ0n) is 9.83. The van der Waals surface area contributed by atoms with Gasteiger partial charge in [-0.15, -0.1) is 0 Å². The molecule has 86 valence electrons. The first kappa shape index (κ1) is 10.2. The molecule has 1 aromatic carbocycles. The minimum Gasteiger partial charge on any atom is -0.496 e. The standard InChI is InChI=1S/C14H19NO/c1-16-14-6-2-4-10-8-11(9-12(10)14)13-5-3-7-15-13/h2,4,6,11,13,15H,3,5,7-9H2,1H3. The first-order valence-corrected chi connectivity index (χ1v) is 6.26. The van der Waals surface area contributed by atoms with Crippen LogP contribution in [0.25, 0.3) is 0 Å². The minimum atomic E-state index is 0.733. The molecule has 0 radical (unpaired) electrons. The zero-order chi connectivity index (χ0) is 11.0. The molecule has 0 bridgehead atoms. The maximum absolute atomic E-state index is 5.45. The molecular formula is C14H19NO. The Morgan fingerprint density at radius 2 is 2.25 bits per heavy atom. The van der Waals surface area contributed by atoms with E-state index >= 15 is 0 Å². The number of benzene rings is 1. The summed E-state index contributed by atoms with van der Waals surface area (Å²) in [5.41, 5.74) is 2.95. The largest absolute Gasteiger partial charge is 0.496 e. The predicted octanol–water partition coefficient (Wildman–Crippen LogP) is 2.16. The second-order valence-corrected chi connectivity index (χ2v) is 4.97. The molecule has 1 aliphatic heterocycles. The molecule has 0 saturated carbocycles. The Bertz CT molecular complexity index is 382. The molecule has 1 aliphatic carbocycles. The fraction of sp³-hybridized carbons (Fsp3) is 0.571. The van der Waals surface area contributed by atoms with Crippen LogP contribution in [0.15, 0.2) is 18.2 Å². The van der Waals surface area contributed by atoms with Crippen LogP contribution in [0.3, 0.4) is 0 Å². The summed E-state index contributed by atoms with van der Waals surface area (Å²) in [4.78, 5) is 0. The van der Waals surface area contributed by atoms with E-state index in [1.807, 2.05) is 0 Å². The van der Waals surface area contributed by atoms with Crippen LogP contribution >= 0.6 is 0 Å². The van der Waals surface area contributed by atoms with Crippen LogP contribution in [-0.4, -0.2) is 19.7 Å². The van der Waals surface area contributed by atoms with Crippen molar-refractivity contribution in [2.75, 3.05) is 13.7 Å². The number of ether oxygens (including phenoxy) is 1. The molecule has 1 N–H and O–H groups in total. The minimum absolute atomic E-state index is 0.733. The van der Waals surface area contributed by atoms with E-state index in [2.05, 4.69) is 23.5 Å². The van der Waals surface area contributed by atoms with Gasteiger partial charge in [-0.25, -0.2) is 0 Å². The number of hydrogen-bond acceptors (Lipinski definition) is 2. The van der Waals surface area contributed by atoms with E-state index in [1.54, 1.807) is 7.11 Å². The Morgan fingerprint density at radius 3 is 3.00 bits per heavy atom. The normalized spacial score (nSPS) is 28.1. The molecular weight excluding hydrogens is 198 g/mol. The van der Waals surface area contributed by atoms with Crippen LogP contribution in [0.2, 0.25) is 0 Å². The topological polar surface area (TPSA) is 21.3 Å². The SMILES string of the molecule is COc1cccc2c1CC(C1CCCN1)C2. The lowest BCUT2D eigenvalue weighted by Gasteiger charge is -2.17. The molecule has 0 aromatic heterocycles. The smallest absolute Gasteiger partial charge is 0.122 e. The van der Waals surface area contributed by atoms with Gasteiger partial charge in [-0.1, -0.05) is 12.1 Å². The third kappa shape index (κ3) is 1.61. The van der Waals surface area contributed by atoms with Crippen molar-refractivity contribution >= 4 is 0 Å². The Hall–Kier alpha value is -1.02. The van der Waals surface area contributed by atoms with Crippen molar-refractivity contribution in [2.24, 2.45) is 5.92 Å². The number of methoxy groups -OCH3 is 1. The summed E-state index contributed by atoms with van der Waals surface area (Å²) in [5.74, 6) is 1.87. The number of fused-ring (bicyclic) bond motifs is 1. The molecule has 1 fully saturated rings. The summed E-state index contributed by atoms with van der Waals surface area (Å²) in [6.45, 7) is 1.20. The van der Waals surface area contributed by atoms with Crippen molar-refractivity contribution < 1.29 is 4.74 Å². The second kappa shape index (κ2) is 4.10. The first-order chi connectivity index (χ1) is 7.88. The lowest BCUT2D eigenvalue weighted by atomic mass is 9.95. The highest BCUT2D eigenvalue weighted by molar-refractivity contribution is 5.44. The second-order valence-electron chi connectivity index (χ2n) is 4.97. The highest BCUT2D eigenvalue weighted by atomic mass is 16.5. The molecule has 16 heavy (non-hydrogen) atoms. The van der Waals surface area contributed by atoms with Crippen molar-refractivity contribution in [2.45, 2.75) is 31.7 Å². The van der Waals surface area contributed by atoms with Gasteiger partial charge in [0.15, 0.2) is 0 Å². The molecule has 2 heteroatoms. The quantitative estimate of drug-likeness (QED) is 0.819. The Kier molecular flexibility index (Phi) is 2.60. The van der Waals surface area contributed by atoms with Gasteiger partial charge in [-0.3, -0.25) is 0 Å². The average molecular weight is 217 g/mol. The van der Waals surface area contributed by atoms with E-state index in [0.717, 1.165) is 17.7 Å². The Morgan fingerprint density at radius 1 is 1.31 bits per heavy atom. The van der Waals surface area contributed by atoms with E-state index < -0.39 is 0 Å². The van der Waals surface area contributed by atoms with Crippen molar-refractivity contribution in [1.82, 2.24) is 5.32 Å². The molecule has 1 saturated heterocycles. The van der Waals surface area contributed by atoms with Crippen LogP contribution in [0.1, 0.15) is 24.0 Å². The maximum atomic E-state index is 5.45.